The molecular formula is C27H33N3O4. The van der Waals surface area contributed by atoms with E-state index in [9.17, 15) is 9.59 Å². The lowest BCUT2D eigenvalue weighted by molar-refractivity contribution is 0.0697. The van der Waals surface area contributed by atoms with Crippen LogP contribution in [0.4, 0.5) is 11.4 Å². The van der Waals surface area contributed by atoms with Crippen LogP contribution in [0.25, 0.3) is 0 Å². The second-order valence-electron chi connectivity index (χ2n) is 9.90. The zero-order chi connectivity index (χ0) is 23.7. The summed E-state index contributed by atoms with van der Waals surface area (Å²) in [5.74, 6) is 2.37. The number of hydrogen-bond donors (Lipinski definition) is 1. The third-order valence-electron chi connectivity index (χ3n) is 7.31. The molecule has 2 saturated heterocycles. The number of nitrogens with zero attached hydrogens (tertiary/aromatic N) is 2. The summed E-state index contributed by atoms with van der Waals surface area (Å²) in [6, 6.07) is 10.9. The van der Waals surface area contributed by atoms with E-state index in [0.717, 1.165) is 57.5 Å². The molecule has 2 aromatic carbocycles. The smallest absolute Gasteiger partial charge is 0.256 e. The highest BCUT2D eigenvalue weighted by atomic mass is 16.7. The normalized spacial score (nSPS) is 18.8. The van der Waals surface area contributed by atoms with E-state index in [1.165, 1.54) is 0 Å². The molecule has 0 aromatic heterocycles. The van der Waals surface area contributed by atoms with Crippen LogP contribution in [0.5, 0.6) is 11.5 Å². The van der Waals surface area contributed by atoms with E-state index in [1.54, 1.807) is 18.2 Å². The second kappa shape index (κ2) is 9.57. The maximum atomic E-state index is 13.6. The molecule has 0 atom stereocenters. The van der Waals surface area contributed by atoms with Crippen molar-refractivity contribution in [1.29, 1.82) is 0 Å². The summed E-state index contributed by atoms with van der Waals surface area (Å²) in [4.78, 5) is 30.9. The van der Waals surface area contributed by atoms with Crippen LogP contribution in [0, 0.1) is 11.8 Å². The molecule has 0 saturated carbocycles. The largest absolute Gasteiger partial charge is 0.454 e. The molecule has 2 amide bonds. The predicted molar refractivity (Wildman–Crippen MR) is 132 cm³/mol. The highest BCUT2D eigenvalue weighted by Crippen LogP contribution is 2.34. The number of anilines is 2. The molecular weight excluding hydrogens is 430 g/mol. The van der Waals surface area contributed by atoms with E-state index in [0.29, 0.717) is 40.1 Å². The maximum absolute atomic E-state index is 13.6. The second-order valence-corrected chi connectivity index (χ2v) is 9.90. The number of benzene rings is 2. The number of fused-ring (bicyclic) bond motifs is 1. The van der Waals surface area contributed by atoms with E-state index in [1.807, 2.05) is 23.1 Å². The summed E-state index contributed by atoms with van der Waals surface area (Å²) in [5, 5.41) is 2.97. The van der Waals surface area contributed by atoms with Crippen molar-refractivity contribution in [3.8, 4) is 11.5 Å². The van der Waals surface area contributed by atoms with Gasteiger partial charge in [-0.1, -0.05) is 13.8 Å². The zero-order valence-electron chi connectivity index (χ0n) is 20.0. The van der Waals surface area contributed by atoms with Gasteiger partial charge in [-0.2, -0.15) is 0 Å². The summed E-state index contributed by atoms with van der Waals surface area (Å²) < 4.78 is 10.7. The van der Waals surface area contributed by atoms with Gasteiger partial charge in [0.15, 0.2) is 11.5 Å². The van der Waals surface area contributed by atoms with Crippen molar-refractivity contribution in [2.75, 3.05) is 43.2 Å². The van der Waals surface area contributed by atoms with Gasteiger partial charge in [0.25, 0.3) is 11.8 Å². The number of hydrogen-bond acceptors (Lipinski definition) is 5. The van der Waals surface area contributed by atoms with Gasteiger partial charge in [-0.15, -0.1) is 0 Å². The fourth-order valence-corrected chi connectivity index (χ4v) is 4.93. The van der Waals surface area contributed by atoms with Crippen LogP contribution < -0.4 is 19.7 Å². The lowest BCUT2D eigenvalue weighted by Crippen LogP contribution is -2.40. The average molecular weight is 464 g/mol. The third kappa shape index (κ3) is 4.69. The molecule has 5 rings (SSSR count). The van der Waals surface area contributed by atoms with E-state index in [4.69, 9.17) is 9.47 Å². The summed E-state index contributed by atoms with van der Waals surface area (Å²) >= 11 is 0. The number of rotatable bonds is 4. The number of nitrogens with one attached hydrogen (secondary N) is 1. The summed E-state index contributed by atoms with van der Waals surface area (Å²) in [6.07, 6.45) is 4.31. The maximum Gasteiger partial charge on any atom is 0.256 e. The minimum atomic E-state index is -0.247. The molecule has 0 radical (unpaired) electrons. The van der Waals surface area contributed by atoms with Crippen LogP contribution in [-0.4, -0.2) is 49.7 Å². The van der Waals surface area contributed by atoms with Crippen LogP contribution in [0.1, 0.15) is 60.2 Å². The van der Waals surface area contributed by atoms with Gasteiger partial charge in [-0.05, 0) is 73.9 Å². The molecule has 3 heterocycles. The Hall–Kier alpha value is -3.22. The van der Waals surface area contributed by atoms with Gasteiger partial charge in [0.1, 0.15) is 0 Å². The molecule has 2 aromatic rings. The number of likely N-dealkylation sites (tertiary alicyclic amines) is 1. The van der Waals surface area contributed by atoms with Gasteiger partial charge < -0.3 is 24.6 Å². The summed E-state index contributed by atoms with van der Waals surface area (Å²) in [6.45, 7) is 8.15. The van der Waals surface area contributed by atoms with E-state index >= 15 is 0 Å². The molecule has 0 bridgehead atoms. The molecule has 34 heavy (non-hydrogen) atoms. The van der Waals surface area contributed by atoms with Crippen molar-refractivity contribution >= 4 is 23.2 Å². The van der Waals surface area contributed by atoms with Gasteiger partial charge in [0, 0.05) is 43.1 Å². The number of carbonyl (C=O) groups is 2. The van der Waals surface area contributed by atoms with E-state index in [-0.39, 0.29) is 18.6 Å². The Morgan fingerprint density at radius 1 is 0.853 bits per heavy atom. The molecule has 0 spiro atoms. The fraction of sp³-hybridized carbons (Fsp3) is 0.481. The average Bonchev–Trinajstić information content (AvgIpc) is 3.33. The fourth-order valence-electron chi connectivity index (χ4n) is 4.93. The number of amides is 2. The first-order chi connectivity index (χ1) is 16.5. The Balaban J connectivity index is 1.40. The molecule has 0 unspecified atom stereocenters. The van der Waals surface area contributed by atoms with Crippen molar-refractivity contribution in [3.05, 3.63) is 47.5 Å². The molecule has 2 fully saturated rings. The Bertz CT molecular complexity index is 1070. The lowest BCUT2D eigenvalue weighted by atomic mass is 9.96. The van der Waals surface area contributed by atoms with Crippen LogP contribution in [0.2, 0.25) is 0 Å². The van der Waals surface area contributed by atoms with Gasteiger partial charge in [-0.25, -0.2) is 0 Å². The van der Waals surface area contributed by atoms with Gasteiger partial charge in [0.05, 0.1) is 5.56 Å². The van der Waals surface area contributed by atoms with Crippen molar-refractivity contribution in [1.82, 2.24) is 4.90 Å². The van der Waals surface area contributed by atoms with Crippen LogP contribution in [0.3, 0.4) is 0 Å². The Kier molecular flexibility index (Phi) is 6.35. The topological polar surface area (TPSA) is 71.1 Å². The monoisotopic (exact) mass is 463 g/mol. The molecule has 3 aliphatic heterocycles. The SMILES string of the molecule is CC1CCN(C(=O)c2cc(NC(=O)c3ccc4c(c3)OCO4)ccc2N2CCC(C)CC2)CC1. The van der Waals surface area contributed by atoms with Crippen LogP contribution in [0.15, 0.2) is 36.4 Å². The van der Waals surface area contributed by atoms with Crippen molar-refractivity contribution in [3.63, 3.8) is 0 Å². The lowest BCUT2D eigenvalue weighted by Gasteiger charge is -2.35. The molecule has 7 nitrogen and oxygen atoms in total. The Morgan fingerprint density at radius 2 is 1.53 bits per heavy atom. The van der Waals surface area contributed by atoms with Gasteiger partial charge in [-0.3, -0.25) is 9.59 Å². The zero-order valence-corrected chi connectivity index (χ0v) is 20.0. The predicted octanol–water partition coefficient (Wildman–Crippen LogP) is 4.78. The summed E-state index contributed by atoms with van der Waals surface area (Å²) in [7, 11) is 0. The minimum absolute atomic E-state index is 0.0553. The quantitative estimate of drug-likeness (QED) is 0.707. The van der Waals surface area contributed by atoms with Crippen molar-refractivity contribution in [2.45, 2.75) is 39.5 Å². The standard InChI is InChI=1S/C27H33N3O4/c1-18-7-11-29(12-8-18)23-5-4-21(16-22(23)27(32)30-13-9-19(2)10-14-30)28-26(31)20-3-6-24-25(15-20)34-17-33-24/h3-6,15-16,18-19H,7-14,17H2,1-2H3,(H,28,31). The molecule has 0 aliphatic carbocycles. The Labute approximate surface area is 201 Å². The molecule has 3 aliphatic rings. The third-order valence-corrected chi connectivity index (χ3v) is 7.31. The minimum Gasteiger partial charge on any atom is -0.454 e. The Morgan fingerprint density at radius 3 is 2.26 bits per heavy atom. The summed E-state index contributed by atoms with van der Waals surface area (Å²) in [5.41, 5.74) is 2.74. The van der Waals surface area contributed by atoms with Gasteiger partial charge >= 0.3 is 0 Å². The van der Waals surface area contributed by atoms with Crippen LogP contribution in [-0.2, 0) is 0 Å². The molecule has 7 heteroatoms. The van der Waals surface area contributed by atoms with E-state index < -0.39 is 0 Å². The highest BCUT2D eigenvalue weighted by Gasteiger charge is 2.27. The highest BCUT2D eigenvalue weighted by molar-refractivity contribution is 6.06. The molecule has 1 N–H and O–H groups in total. The number of ether oxygens (including phenoxy) is 2. The number of piperidine rings is 2. The molecule has 180 valence electrons. The van der Waals surface area contributed by atoms with Crippen LogP contribution >= 0.6 is 0 Å². The first-order valence-corrected chi connectivity index (χ1v) is 12.4. The van der Waals surface area contributed by atoms with E-state index in [2.05, 4.69) is 24.1 Å². The first-order valence-electron chi connectivity index (χ1n) is 12.4. The van der Waals surface area contributed by atoms with Crippen molar-refractivity contribution in [2.24, 2.45) is 11.8 Å². The first kappa shape index (κ1) is 22.6. The van der Waals surface area contributed by atoms with Gasteiger partial charge in [0.2, 0.25) is 6.79 Å². The van der Waals surface area contributed by atoms with Crippen molar-refractivity contribution < 1.29 is 19.1 Å². The number of carbonyl (C=O) groups excluding carboxylic acids is 2.